The third-order valence-electron chi connectivity index (χ3n) is 2.46. The van der Waals surface area contributed by atoms with Crippen LogP contribution in [-0.2, 0) is 0 Å². The van der Waals surface area contributed by atoms with Crippen molar-refractivity contribution in [2.24, 2.45) is 5.73 Å². The van der Waals surface area contributed by atoms with Crippen molar-refractivity contribution < 1.29 is 0 Å². The molecule has 0 saturated heterocycles. The van der Waals surface area contributed by atoms with Gasteiger partial charge in [0.05, 0.1) is 0 Å². The molecule has 0 aliphatic carbocycles. The van der Waals surface area contributed by atoms with E-state index in [0.29, 0.717) is 0 Å². The van der Waals surface area contributed by atoms with Gasteiger partial charge in [-0.2, -0.15) is 0 Å². The summed E-state index contributed by atoms with van der Waals surface area (Å²) in [6, 6.07) is 10.1. The minimum atomic E-state index is -0.362. The minimum Gasteiger partial charge on any atom is -0.321 e. The Bertz CT molecular complexity index is 352. The molecule has 1 aromatic carbocycles. The summed E-state index contributed by atoms with van der Waals surface area (Å²) in [7, 11) is 0. The van der Waals surface area contributed by atoms with E-state index in [1.807, 2.05) is 42.5 Å². The molecule has 84 valence electrons. The van der Waals surface area contributed by atoms with Gasteiger partial charge in [-0.3, -0.25) is 0 Å². The first kappa shape index (κ1) is 12.5. The number of rotatable bonds is 6. The monoisotopic (exact) mass is 213 g/mol. The number of hydrogen-bond acceptors (Lipinski definition) is 1. The number of hydrogen-bond donors (Lipinski definition) is 1. The van der Waals surface area contributed by atoms with Gasteiger partial charge in [-0.15, -0.1) is 13.2 Å². The van der Waals surface area contributed by atoms with Crippen molar-refractivity contribution in [3.63, 3.8) is 0 Å². The molecule has 0 amide bonds. The average Bonchev–Trinajstić information content (AvgIpc) is 2.29. The second-order valence-corrected chi connectivity index (χ2v) is 3.96. The molecule has 1 rings (SSSR count). The van der Waals surface area contributed by atoms with Crippen LogP contribution in [0.15, 0.2) is 61.7 Å². The molecule has 0 aromatic heterocycles. The highest BCUT2D eigenvalue weighted by Gasteiger charge is 2.17. The SMILES string of the molecule is C=CCC(N)(/C=C/c1ccccc1)CC=C. The van der Waals surface area contributed by atoms with Crippen LogP contribution in [0.2, 0.25) is 0 Å². The summed E-state index contributed by atoms with van der Waals surface area (Å²) in [5.41, 5.74) is 7.03. The Labute approximate surface area is 98.0 Å². The molecule has 0 aliphatic rings. The van der Waals surface area contributed by atoms with Crippen molar-refractivity contribution in [2.75, 3.05) is 0 Å². The van der Waals surface area contributed by atoms with Crippen LogP contribution in [0.3, 0.4) is 0 Å². The summed E-state index contributed by atoms with van der Waals surface area (Å²) >= 11 is 0. The van der Waals surface area contributed by atoms with E-state index in [1.54, 1.807) is 0 Å². The summed E-state index contributed by atoms with van der Waals surface area (Å²) < 4.78 is 0. The maximum Gasteiger partial charge on any atom is 0.0412 e. The molecule has 0 heterocycles. The first-order valence-corrected chi connectivity index (χ1v) is 5.45. The van der Waals surface area contributed by atoms with Crippen molar-refractivity contribution in [1.29, 1.82) is 0 Å². The minimum absolute atomic E-state index is 0.362. The predicted octanol–water partition coefficient (Wildman–Crippen LogP) is 3.55. The zero-order chi connectivity index (χ0) is 11.9. The van der Waals surface area contributed by atoms with Gasteiger partial charge in [-0.1, -0.05) is 54.6 Å². The van der Waals surface area contributed by atoms with E-state index in [1.165, 1.54) is 0 Å². The van der Waals surface area contributed by atoms with Gasteiger partial charge in [0.15, 0.2) is 0 Å². The first-order chi connectivity index (χ1) is 7.70. The molecule has 0 aliphatic heterocycles. The molecule has 16 heavy (non-hydrogen) atoms. The first-order valence-electron chi connectivity index (χ1n) is 5.45. The van der Waals surface area contributed by atoms with Crippen LogP contribution in [0.5, 0.6) is 0 Å². The summed E-state index contributed by atoms with van der Waals surface area (Å²) in [6.45, 7) is 7.47. The Morgan fingerprint density at radius 3 is 2.12 bits per heavy atom. The zero-order valence-electron chi connectivity index (χ0n) is 9.60. The van der Waals surface area contributed by atoms with E-state index in [0.717, 1.165) is 18.4 Å². The standard InChI is InChI=1S/C15H19N/c1-3-11-15(16,12-4-2)13-10-14-8-6-5-7-9-14/h3-10,13H,1-2,11-12,16H2/b13-10+. The third kappa shape index (κ3) is 3.87. The van der Waals surface area contributed by atoms with E-state index >= 15 is 0 Å². The molecule has 0 saturated carbocycles. The van der Waals surface area contributed by atoms with Crippen LogP contribution < -0.4 is 5.73 Å². The Balaban J connectivity index is 2.78. The molecule has 2 N–H and O–H groups in total. The van der Waals surface area contributed by atoms with Crippen molar-refractivity contribution in [3.8, 4) is 0 Å². The fraction of sp³-hybridized carbons (Fsp3) is 0.200. The molecule has 0 radical (unpaired) electrons. The summed E-state index contributed by atoms with van der Waals surface area (Å²) in [5.74, 6) is 0. The Morgan fingerprint density at radius 2 is 1.62 bits per heavy atom. The lowest BCUT2D eigenvalue weighted by molar-refractivity contribution is 0.546. The van der Waals surface area contributed by atoms with Crippen molar-refractivity contribution >= 4 is 6.08 Å². The lowest BCUT2D eigenvalue weighted by Crippen LogP contribution is -2.36. The molecular weight excluding hydrogens is 194 g/mol. The van der Waals surface area contributed by atoms with Gasteiger partial charge in [0.25, 0.3) is 0 Å². The van der Waals surface area contributed by atoms with Gasteiger partial charge in [0, 0.05) is 5.54 Å². The number of nitrogens with two attached hydrogens (primary N) is 1. The maximum atomic E-state index is 6.24. The quantitative estimate of drug-likeness (QED) is 0.718. The summed E-state index contributed by atoms with van der Waals surface area (Å²) in [6.07, 6.45) is 9.28. The largest absolute Gasteiger partial charge is 0.321 e. The second-order valence-electron chi connectivity index (χ2n) is 3.96. The fourth-order valence-electron chi connectivity index (χ4n) is 1.58. The molecule has 0 unspecified atom stereocenters. The van der Waals surface area contributed by atoms with Gasteiger partial charge in [0.2, 0.25) is 0 Å². The van der Waals surface area contributed by atoms with Gasteiger partial charge >= 0.3 is 0 Å². The third-order valence-corrected chi connectivity index (χ3v) is 2.46. The normalized spacial score (nSPS) is 11.6. The topological polar surface area (TPSA) is 26.0 Å². The highest BCUT2D eigenvalue weighted by Crippen LogP contribution is 2.17. The molecule has 0 spiro atoms. The van der Waals surface area contributed by atoms with Crippen LogP contribution in [0.1, 0.15) is 18.4 Å². The average molecular weight is 213 g/mol. The highest BCUT2D eigenvalue weighted by atomic mass is 14.7. The molecule has 1 nitrogen and oxygen atoms in total. The van der Waals surface area contributed by atoms with E-state index in [2.05, 4.69) is 25.3 Å². The Morgan fingerprint density at radius 1 is 1.06 bits per heavy atom. The fourth-order valence-corrected chi connectivity index (χ4v) is 1.58. The van der Waals surface area contributed by atoms with Gasteiger partial charge in [-0.05, 0) is 18.4 Å². The molecule has 1 heteroatoms. The molecule has 0 fully saturated rings. The van der Waals surface area contributed by atoms with Crippen LogP contribution in [-0.4, -0.2) is 5.54 Å². The van der Waals surface area contributed by atoms with E-state index in [9.17, 15) is 0 Å². The van der Waals surface area contributed by atoms with Crippen molar-refractivity contribution in [3.05, 3.63) is 67.3 Å². The van der Waals surface area contributed by atoms with E-state index in [4.69, 9.17) is 5.73 Å². The summed E-state index contributed by atoms with van der Waals surface area (Å²) in [5, 5.41) is 0. The molecule has 0 bridgehead atoms. The Hall–Kier alpha value is -1.60. The Kier molecular flexibility index (Phi) is 4.74. The summed E-state index contributed by atoms with van der Waals surface area (Å²) in [4.78, 5) is 0. The van der Waals surface area contributed by atoms with Crippen molar-refractivity contribution in [1.82, 2.24) is 0 Å². The van der Waals surface area contributed by atoms with E-state index < -0.39 is 0 Å². The van der Waals surface area contributed by atoms with Gasteiger partial charge < -0.3 is 5.73 Å². The van der Waals surface area contributed by atoms with Crippen molar-refractivity contribution in [2.45, 2.75) is 18.4 Å². The lowest BCUT2D eigenvalue weighted by Gasteiger charge is -2.22. The van der Waals surface area contributed by atoms with Gasteiger partial charge in [0.1, 0.15) is 0 Å². The number of benzene rings is 1. The molecule has 0 atom stereocenters. The molecular formula is C15H19N. The van der Waals surface area contributed by atoms with Crippen LogP contribution in [0.25, 0.3) is 6.08 Å². The maximum absolute atomic E-state index is 6.24. The van der Waals surface area contributed by atoms with Crippen LogP contribution in [0.4, 0.5) is 0 Å². The molecule has 1 aromatic rings. The zero-order valence-corrected chi connectivity index (χ0v) is 9.60. The van der Waals surface area contributed by atoms with E-state index in [-0.39, 0.29) is 5.54 Å². The van der Waals surface area contributed by atoms with Crippen LogP contribution in [0, 0.1) is 0 Å². The second kappa shape index (κ2) is 6.09. The van der Waals surface area contributed by atoms with Crippen LogP contribution >= 0.6 is 0 Å². The predicted molar refractivity (Wildman–Crippen MR) is 72.0 cm³/mol. The lowest BCUT2D eigenvalue weighted by atomic mass is 9.91. The highest BCUT2D eigenvalue weighted by molar-refractivity contribution is 5.50. The van der Waals surface area contributed by atoms with Gasteiger partial charge in [-0.25, -0.2) is 0 Å². The smallest absolute Gasteiger partial charge is 0.0412 e.